The van der Waals surface area contributed by atoms with Gasteiger partial charge in [-0.25, -0.2) is 0 Å². The Morgan fingerprint density at radius 3 is 2.56 bits per heavy atom. The molecule has 1 N–H and O–H groups in total. The number of thioether (sulfide) groups is 1. The third kappa shape index (κ3) is 5.01. The predicted octanol–water partition coefficient (Wildman–Crippen LogP) is 2.06. The van der Waals surface area contributed by atoms with E-state index in [2.05, 4.69) is 10.3 Å². The summed E-state index contributed by atoms with van der Waals surface area (Å²) in [5.74, 6) is -0.592. The van der Waals surface area contributed by atoms with Crippen molar-refractivity contribution >= 4 is 17.7 Å². The Hall–Kier alpha value is -1.24. The van der Waals surface area contributed by atoms with Gasteiger partial charge < -0.3 is 5.32 Å². The summed E-state index contributed by atoms with van der Waals surface area (Å²) < 4.78 is 35.2. The van der Waals surface area contributed by atoms with Crippen molar-refractivity contribution in [2.24, 2.45) is 0 Å². The summed E-state index contributed by atoms with van der Waals surface area (Å²) >= 11 is -0.156. The lowest BCUT2D eigenvalue weighted by molar-refractivity contribution is -0.0327. The van der Waals surface area contributed by atoms with Crippen LogP contribution in [0.5, 0.6) is 0 Å². The molecule has 0 aliphatic heterocycles. The number of pyridine rings is 1. The fourth-order valence-electron chi connectivity index (χ4n) is 0.937. The third-order valence-corrected chi connectivity index (χ3v) is 2.33. The van der Waals surface area contributed by atoms with Gasteiger partial charge in [0.25, 0.3) is 5.91 Å². The number of nitrogens with zero attached hydrogens (tertiary/aromatic N) is 1. The Labute approximate surface area is 94.4 Å². The van der Waals surface area contributed by atoms with Crippen LogP contribution in [-0.4, -0.2) is 28.7 Å². The van der Waals surface area contributed by atoms with Crippen molar-refractivity contribution in [3.8, 4) is 0 Å². The van der Waals surface area contributed by atoms with Gasteiger partial charge in [-0.1, -0.05) is 0 Å². The quantitative estimate of drug-likeness (QED) is 0.832. The normalized spacial score (nSPS) is 11.2. The highest BCUT2D eigenvalue weighted by atomic mass is 32.2. The maximum Gasteiger partial charge on any atom is 0.441 e. The van der Waals surface area contributed by atoms with Gasteiger partial charge in [0.2, 0.25) is 0 Å². The number of amides is 1. The molecule has 16 heavy (non-hydrogen) atoms. The Kier molecular flexibility index (Phi) is 4.60. The molecule has 1 aromatic heterocycles. The van der Waals surface area contributed by atoms with Crippen LogP contribution in [0, 0.1) is 0 Å². The first-order chi connectivity index (χ1) is 7.49. The number of hydrogen-bond acceptors (Lipinski definition) is 3. The number of halogens is 3. The molecule has 7 heteroatoms. The molecule has 1 aromatic rings. The number of carbonyl (C=O) groups excluding carboxylic acids is 1. The molecular weight excluding hydrogens is 241 g/mol. The van der Waals surface area contributed by atoms with Crippen LogP contribution in [0.25, 0.3) is 0 Å². The van der Waals surface area contributed by atoms with Crippen LogP contribution >= 0.6 is 11.8 Å². The molecule has 0 fully saturated rings. The van der Waals surface area contributed by atoms with Crippen molar-refractivity contribution in [3.05, 3.63) is 30.1 Å². The standard InChI is InChI=1S/C9H9F3N2OS/c10-9(11,12)16-6-5-14-8(15)7-1-3-13-4-2-7/h1-4H,5-6H2,(H,14,15). The number of alkyl halides is 3. The topological polar surface area (TPSA) is 42.0 Å². The van der Waals surface area contributed by atoms with Gasteiger partial charge in [0, 0.05) is 30.3 Å². The molecule has 0 saturated heterocycles. The summed E-state index contributed by atoms with van der Waals surface area (Å²) in [6, 6.07) is 2.98. The highest BCUT2D eigenvalue weighted by molar-refractivity contribution is 8.00. The van der Waals surface area contributed by atoms with E-state index in [1.807, 2.05) is 0 Å². The largest absolute Gasteiger partial charge is 0.441 e. The summed E-state index contributed by atoms with van der Waals surface area (Å²) in [7, 11) is 0. The molecule has 88 valence electrons. The summed E-state index contributed by atoms with van der Waals surface area (Å²) in [6.07, 6.45) is 2.89. The smallest absolute Gasteiger partial charge is 0.351 e. The van der Waals surface area contributed by atoms with Crippen LogP contribution in [0.15, 0.2) is 24.5 Å². The Balaban J connectivity index is 2.27. The lowest BCUT2D eigenvalue weighted by Crippen LogP contribution is -2.26. The van der Waals surface area contributed by atoms with Crippen LogP contribution in [0.3, 0.4) is 0 Å². The maximum atomic E-state index is 11.7. The Morgan fingerprint density at radius 1 is 1.38 bits per heavy atom. The van der Waals surface area contributed by atoms with Gasteiger partial charge in [-0.15, -0.1) is 0 Å². The second-order valence-electron chi connectivity index (χ2n) is 2.79. The number of aromatic nitrogens is 1. The molecule has 1 heterocycles. The molecule has 0 aromatic carbocycles. The fraction of sp³-hybridized carbons (Fsp3) is 0.333. The van der Waals surface area contributed by atoms with Gasteiger partial charge in [0.1, 0.15) is 0 Å². The van der Waals surface area contributed by atoms with E-state index < -0.39 is 11.4 Å². The maximum absolute atomic E-state index is 11.7. The van der Waals surface area contributed by atoms with Crippen LogP contribution in [-0.2, 0) is 0 Å². The van der Waals surface area contributed by atoms with E-state index in [1.165, 1.54) is 24.5 Å². The molecule has 0 bridgehead atoms. The minimum Gasteiger partial charge on any atom is -0.351 e. The van der Waals surface area contributed by atoms with Crippen LogP contribution in [0.4, 0.5) is 13.2 Å². The van der Waals surface area contributed by atoms with Gasteiger partial charge in [0.15, 0.2) is 0 Å². The van der Waals surface area contributed by atoms with E-state index in [1.54, 1.807) is 0 Å². The van der Waals surface area contributed by atoms with Crippen molar-refractivity contribution in [2.45, 2.75) is 5.51 Å². The van der Waals surface area contributed by atoms with E-state index in [0.717, 1.165) is 0 Å². The first kappa shape index (κ1) is 12.8. The number of nitrogens with one attached hydrogen (secondary N) is 1. The lowest BCUT2D eigenvalue weighted by Gasteiger charge is -2.06. The molecule has 3 nitrogen and oxygen atoms in total. The highest BCUT2D eigenvalue weighted by Gasteiger charge is 2.27. The van der Waals surface area contributed by atoms with Crippen LogP contribution < -0.4 is 5.32 Å². The molecule has 0 unspecified atom stereocenters. The molecular formula is C9H9F3N2OS. The van der Waals surface area contributed by atoms with Crippen molar-refractivity contribution in [1.82, 2.24) is 10.3 Å². The predicted molar refractivity (Wildman–Crippen MR) is 55.1 cm³/mol. The zero-order valence-corrected chi connectivity index (χ0v) is 8.94. The Bertz CT molecular complexity index is 342. The van der Waals surface area contributed by atoms with Gasteiger partial charge in [0.05, 0.1) is 0 Å². The molecule has 1 rings (SSSR count). The lowest BCUT2D eigenvalue weighted by atomic mass is 10.2. The molecule has 0 aliphatic carbocycles. The second kappa shape index (κ2) is 5.74. The van der Waals surface area contributed by atoms with E-state index in [0.29, 0.717) is 5.56 Å². The summed E-state index contributed by atoms with van der Waals surface area (Å²) in [5, 5.41) is 2.38. The minimum absolute atomic E-state index is 0.0225. The fourth-order valence-corrected chi connectivity index (χ4v) is 1.37. The van der Waals surface area contributed by atoms with E-state index in [4.69, 9.17) is 0 Å². The number of hydrogen-bond donors (Lipinski definition) is 1. The summed E-state index contributed by atoms with van der Waals surface area (Å²) in [6.45, 7) is -0.0225. The highest BCUT2D eigenvalue weighted by Crippen LogP contribution is 2.29. The summed E-state index contributed by atoms with van der Waals surface area (Å²) in [4.78, 5) is 15.1. The molecule has 0 atom stereocenters. The van der Waals surface area contributed by atoms with E-state index >= 15 is 0 Å². The first-order valence-corrected chi connectivity index (χ1v) is 5.36. The molecule has 0 saturated carbocycles. The van der Waals surface area contributed by atoms with Crippen molar-refractivity contribution in [3.63, 3.8) is 0 Å². The van der Waals surface area contributed by atoms with Gasteiger partial charge in [-0.05, 0) is 23.9 Å². The van der Waals surface area contributed by atoms with Crippen molar-refractivity contribution < 1.29 is 18.0 Å². The third-order valence-electron chi connectivity index (χ3n) is 1.60. The zero-order chi connectivity index (χ0) is 12.0. The minimum atomic E-state index is -4.25. The zero-order valence-electron chi connectivity index (χ0n) is 8.12. The van der Waals surface area contributed by atoms with Crippen LogP contribution in [0.1, 0.15) is 10.4 Å². The number of rotatable bonds is 4. The number of carbonyl (C=O) groups is 1. The van der Waals surface area contributed by atoms with Crippen molar-refractivity contribution in [1.29, 1.82) is 0 Å². The van der Waals surface area contributed by atoms with Crippen LogP contribution in [0.2, 0.25) is 0 Å². The first-order valence-electron chi connectivity index (χ1n) is 4.38. The van der Waals surface area contributed by atoms with Gasteiger partial charge in [-0.2, -0.15) is 13.2 Å². The average Bonchev–Trinajstić information content (AvgIpc) is 2.24. The monoisotopic (exact) mass is 250 g/mol. The Morgan fingerprint density at radius 2 is 2.00 bits per heavy atom. The SMILES string of the molecule is O=C(NCCSC(F)(F)F)c1ccncc1. The van der Waals surface area contributed by atoms with Crippen molar-refractivity contribution in [2.75, 3.05) is 12.3 Å². The molecule has 0 radical (unpaired) electrons. The molecule has 0 spiro atoms. The van der Waals surface area contributed by atoms with E-state index in [-0.39, 0.29) is 24.1 Å². The van der Waals surface area contributed by atoms with Gasteiger partial charge >= 0.3 is 5.51 Å². The summed E-state index contributed by atoms with van der Waals surface area (Å²) in [5.41, 5.74) is -3.87. The second-order valence-corrected chi connectivity index (χ2v) is 3.95. The molecule has 0 aliphatic rings. The molecule has 1 amide bonds. The van der Waals surface area contributed by atoms with E-state index in [9.17, 15) is 18.0 Å². The van der Waals surface area contributed by atoms with Gasteiger partial charge in [-0.3, -0.25) is 9.78 Å². The average molecular weight is 250 g/mol.